The Bertz CT molecular complexity index is 832. The second-order valence-corrected chi connectivity index (χ2v) is 10.1. The summed E-state index contributed by atoms with van der Waals surface area (Å²) in [5.41, 5.74) is 6.15. The minimum absolute atomic E-state index is 0.349. The number of ketones is 1. The maximum Gasteiger partial charge on any atom is 0.146 e. The van der Waals surface area contributed by atoms with Gasteiger partial charge in [0.15, 0.2) is 0 Å². The summed E-state index contributed by atoms with van der Waals surface area (Å²) in [5, 5.41) is 0. The standard InChI is InChI=1S/C28H43N3O2/c1-4-25(32)22-29-13-15-31(16-14-29)27-8-7-24(30-17-19-33-20-18-30)21-26(27)23-9-11-28(5-2,6-3)12-10-23/h7-9,21H,4-6,10-20,22H2,1-3H3. The van der Waals surface area contributed by atoms with Crippen molar-refractivity contribution in [3.05, 3.63) is 29.8 Å². The third kappa shape index (κ3) is 5.63. The van der Waals surface area contributed by atoms with E-state index in [0.717, 1.165) is 52.5 Å². The van der Waals surface area contributed by atoms with E-state index in [9.17, 15) is 4.79 Å². The molecular formula is C28H43N3O2. The molecule has 2 aliphatic heterocycles. The van der Waals surface area contributed by atoms with Crippen LogP contribution in [0.15, 0.2) is 24.3 Å². The Kier molecular flexibility index (Phi) is 8.13. The molecule has 2 saturated heterocycles. The Morgan fingerprint density at radius 1 is 0.970 bits per heavy atom. The molecule has 33 heavy (non-hydrogen) atoms. The number of carbonyl (C=O) groups is 1. The molecule has 4 rings (SSSR count). The molecule has 3 aliphatic rings. The van der Waals surface area contributed by atoms with Crippen LogP contribution in [0.3, 0.4) is 0 Å². The highest BCUT2D eigenvalue weighted by atomic mass is 16.5. The van der Waals surface area contributed by atoms with Gasteiger partial charge in [-0.1, -0.05) is 39.7 Å². The molecule has 182 valence electrons. The Morgan fingerprint density at radius 2 is 1.70 bits per heavy atom. The van der Waals surface area contributed by atoms with Crippen LogP contribution in [0.25, 0.3) is 5.57 Å². The number of piperazine rings is 1. The minimum Gasteiger partial charge on any atom is -0.378 e. The molecule has 0 bridgehead atoms. The van der Waals surface area contributed by atoms with Crippen molar-refractivity contribution in [1.82, 2.24) is 4.90 Å². The van der Waals surface area contributed by atoms with Crippen molar-refractivity contribution in [3.8, 4) is 0 Å². The Labute approximate surface area is 200 Å². The Morgan fingerprint density at radius 3 is 2.30 bits per heavy atom. The topological polar surface area (TPSA) is 36.0 Å². The molecule has 0 aromatic heterocycles. The van der Waals surface area contributed by atoms with Gasteiger partial charge in [0.05, 0.1) is 19.8 Å². The first-order valence-corrected chi connectivity index (χ1v) is 13.2. The molecule has 0 amide bonds. The number of hydrogen-bond acceptors (Lipinski definition) is 5. The summed E-state index contributed by atoms with van der Waals surface area (Å²) in [7, 11) is 0. The van der Waals surface area contributed by atoms with Gasteiger partial charge in [-0.25, -0.2) is 0 Å². The lowest BCUT2D eigenvalue weighted by atomic mass is 9.70. The Hall–Kier alpha value is -1.85. The zero-order chi connectivity index (χ0) is 23.3. The quantitative estimate of drug-likeness (QED) is 0.554. The van der Waals surface area contributed by atoms with E-state index in [0.29, 0.717) is 24.2 Å². The predicted octanol–water partition coefficient (Wildman–Crippen LogP) is 5.00. The van der Waals surface area contributed by atoms with Crippen molar-refractivity contribution in [2.45, 2.75) is 59.3 Å². The van der Waals surface area contributed by atoms with Crippen LogP contribution in [0.2, 0.25) is 0 Å². The maximum absolute atomic E-state index is 11.9. The molecular weight excluding hydrogens is 410 g/mol. The summed E-state index contributed by atoms with van der Waals surface area (Å²) < 4.78 is 5.59. The summed E-state index contributed by atoms with van der Waals surface area (Å²) in [6, 6.07) is 7.11. The first-order chi connectivity index (χ1) is 16.1. The molecule has 5 nitrogen and oxygen atoms in total. The van der Waals surface area contributed by atoms with Gasteiger partial charge in [-0.3, -0.25) is 9.69 Å². The fourth-order valence-corrected chi connectivity index (χ4v) is 5.66. The normalized spacial score (nSPS) is 21.7. The lowest BCUT2D eigenvalue weighted by molar-refractivity contribution is -0.119. The molecule has 0 saturated carbocycles. The molecule has 1 aromatic carbocycles. The number of ether oxygens (including phenoxy) is 1. The molecule has 0 unspecified atom stereocenters. The van der Waals surface area contributed by atoms with Crippen LogP contribution in [0.4, 0.5) is 11.4 Å². The van der Waals surface area contributed by atoms with Crippen LogP contribution < -0.4 is 9.80 Å². The van der Waals surface area contributed by atoms with Gasteiger partial charge in [0, 0.05) is 62.6 Å². The van der Waals surface area contributed by atoms with E-state index >= 15 is 0 Å². The van der Waals surface area contributed by atoms with Gasteiger partial charge >= 0.3 is 0 Å². The number of morpholine rings is 1. The second kappa shape index (κ2) is 11.1. The van der Waals surface area contributed by atoms with Crippen molar-refractivity contribution in [3.63, 3.8) is 0 Å². The molecule has 2 fully saturated rings. The lowest BCUT2D eigenvalue weighted by Gasteiger charge is -2.39. The van der Waals surface area contributed by atoms with E-state index in [-0.39, 0.29) is 0 Å². The zero-order valence-electron chi connectivity index (χ0n) is 21.1. The number of rotatable bonds is 8. The van der Waals surface area contributed by atoms with E-state index in [1.54, 1.807) is 0 Å². The van der Waals surface area contributed by atoms with E-state index in [2.05, 4.69) is 52.8 Å². The molecule has 1 aromatic rings. The van der Waals surface area contributed by atoms with Crippen LogP contribution in [0.1, 0.15) is 64.9 Å². The minimum atomic E-state index is 0.349. The first-order valence-electron chi connectivity index (χ1n) is 13.2. The number of anilines is 2. The fraction of sp³-hybridized carbons (Fsp3) is 0.679. The average Bonchev–Trinajstić information content (AvgIpc) is 2.89. The molecule has 1 aliphatic carbocycles. The smallest absolute Gasteiger partial charge is 0.146 e. The molecule has 0 spiro atoms. The number of carbonyl (C=O) groups excluding carboxylic acids is 1. The summed E-state index contributed by atoms with van der Waals surface area (Å²) in [5.74, 6) is 0.349. The number of Topliss-reactive ketones (excluding diaryl/α,β-unsaturated/α-hetero) is 1. The average molecular weight is 454 g/mol. The highest BCUT2D eigenvalue weighted by Gasteiger charge is 2.30. The second-order valence-electron chi connectivity index (χ2n) is 10.1. The highest BCUT2D eigenvalue weighted by Crippen LogP contribution is 2.45. The van der Waals surface area contributed by atoms with Crippen LogP contribution in [-0.2, 0) is 9.53 Å². The number of allylic oxidation sites excluding steroid dienone is 2. The summed E-state index contributed by atoms with van der Waals surface area (Å²) in [4.78, 5) is 19.2. The van der Waals surface area contributed by atoms with E-state index in [1.165, 1.54) is 54.6 Å². The van der Waals surface area contributed by atoms with Crippen LogP contribution in [0.5, 0.6) is 0 Å². The third-order valence-corrected chi connectivity index (χ3v) is 8.42. The van der Waals surface area contributed by atoms with Crippen molar-refractivity contribution in [1.29, 1.82) is 0 Å². The largest absolute Gasteiger partial charge is 0.378 e. The Balaban J connectivity index is 1.57. The van der Waals surface area contributed by atoms with E-state index in [4.69, 9.17) is 4.74 Å². The van der Waals surface area contributed by atoms with Gasteiger partial charge in [0.2, 0.25) is 0 Å². The molecule has 2 heterocycles. The molecule has 0 N–H and O–H groups in total. The van der Waals surface area contributed by atoms with E-state index in [1.807, 2.05) is 6.92 Å². The molecule has 0 radical (unpaired) electrons. The van der Waals surface area contributed by atoms with Crippen molar-refractivity contribution in [2.75, 3.05) is 68.8 Å². The fourth-order valence-electron chi connectivity index (χ4n) is 5.66. The van der Waals surface area contributed by atoms with Crippen molar-refractivity contribution < 1.29 is 9.53 Å². The zero-order valence-corrected chi connectivity index (χ0v) is 21.1. The van der Waals surface area contributed by atoms with Crippen molar-refractivity contribution in [2.24, 2.45) is 5.41 Å². The monoisotopic (exact) mass is 453 g/mol. The van der Waals surface area contributed by atoms with Gasteiger partial charge in [-0.15, -0.1) is 0 Å². The van der Waals surface area contributed by atoms with Gasteiger partial charge < -0.3 is 14.5 Å². The number of hydrogen-bond donors (Lipinski definition) is 0. The van der Waals surface area contributed by atoms with Crippen LogP contribution >= 0.6 is 0 Å². The van der Waals surface area contributed by atoms with Gasteiger partial charge in [0.25, 0.3) is 0 Å². The third-order valence-electron chi connectivity index (χ3n) is 8.42. The van der Waals surface area contributed by atoms with Crippen LogP contribution in [-0.4, -0.2) is 69.7 Å². The lowest BCUT2D eigenvalue weighted by Crippen LogP contribution is -2.48. The highest BCUT2D eigenvalue weighted by molar-refractivity contribution is 5.81. The molecule has 5 heteroatoms. The van der Waals surface area contributed by atoms with Crippen LogP contribution in [0, 0.1) is 5.41 Å². The predicted molar refractivity (Wildman–Crippen MR) is 138 cm³/mol. The number of benzene rings is 1. The van der Waals surface area contributed by atoms with Gasteiger partial charge in [-0.2, -0.15) is 0 Å². The maximum atomic E-state index is 11.9. The number of nitrogens with zero attached hydrogens (tertiary/aromatic N) is 3. The SMILES string of the molecule is CCC(=O)CN1CCN(c2ccc(N3CCOCC3)cc2C2=CCC(CC)(CC)CC2)CC1. The van der Waals surface area contributed by atoms with Crippen molar-refractivity contribution >= 4 is 22.7 Å². The van der Waals surface area contributed by atoms with E-state index < -0.39 is 0 Å². The summed E-state index contributed by atoms with van der Waals surface area (Å²) >= 11 is 0. The first kappa shape index (κ1) is 24.3. The molecule has 0 atom stereocenters. The summed E-state index contributed by atoms with van der Waals surface area (Å²) in [6.07, 6.45) is 9.39. The summed E-state index contributed by atoms with van der Waals surface area (Å²) in [6.45, 7) is 14.7. The van der Waals surface area contributed by atoms with Gasteiger partial charge in [0.1, 0.15) is 5.78 Å². The van der Waals surface area contributed by atoms with Gasteiger partial charge in [-0.05, 0) is 48.4 Å².